The Morgan fingerprint density at radius 3 is 2.62 bits per heavy atom. The fourth-order valence-electron chi connectivity index (χ4n) is 2.44. The lowest BCUT2D eigenvalue weighted by Crippen LogP contribution is -2.15. The van der Waals surface area contributed by atoms with Crippen molar-refractivity contribution in [2.24, 2.45) is 7.05 Å². The Labute approximate surface area is 124 Å². The van der Waals surface area contributed by atoms with Gasteiger partial charge in [-0.05, 0) is 19.1 Å². The van der Waals surface area contributed by atoms with Crippen LogP contribution in [-0.2, 0) is 20.1 Å². The molecule has 0 saturated heterocycles. The summed E-state index contributed by atoms with van der Waals surface area (Å²) in [4.78, 5) is 4.43. The predicted octanol–water partition coefficient (Wildman–Crippen LogP) is 2.20. The number of rotatable bonds is 5. The molecular formula is C16H19N5. The van der Waals surface area contributed by atoms with Gasteiger partial charge in [-0.1, -0.05) is 18.2 Å². The number of nitrogens with one attached hydrogen (secondary N) is 1. The van der Waals surface area contributed by atoms with Crippen LogP contribution in [0.3, 0.4) is 0 Å². The molecule has 0 aliphatic rings. The van der Waals surface area contributed by atoms with Crippen LogP contribution < -0.4 is 5.32 Å². The molecule has 0 amide bonds. The molecule has 0 aliphatic heterocycles. The zero-order valence-electron chi connectivity index (χ0n) is 12.3. The van der Waals surface area contributed by atoms with E-state index in [4.69, 9.17) is 0 Å². The minimum atomic E-state index is 0.768. The lowest BCUT2D eigenvalue weighted by molar-refractivity contribution is 0.666. The zero-order valence-corrected chi connectivity index (χ0v) is 12.3. The Morgan fingerprint density at radius 1 is 1.10 bits per heavy atom. The Bertz CT molecular complexity index is 711. The van der Waals surface area contributed by atoms with Crippen LogP contribution in [0.2, 0.25) is 0 Å². The maximum absolute atomic E-state index is 4.43. The molecule has 21 heavy (non-hydrogen) atoms. The van der Waals surface area contributed by atoms with Gasteiger partial charge in [0.25, 0.3) is 0 Å². The quantitative estimate of drug-likeness (QED) is 0.780. The first-order valence-electron chi connectivity index (χ1n) is 7.01. The summed E-state index contributed by atoms with van der Waals surface area (Å²) >= 11 is 0. The first kappa shape index (κ1) is 13.6. The van der Waals surface area contributed by atoms with Gasteiger partial charge in [-0.15, -0.1) is 0 Å². The number of benzene rings is 1. The third-order valence-corrected chi connectivity index (χ3v) is 3.42. The monoisotopic (exact) mass is 281 g/mol. The topological polar surface area (TPSA) is 47.7 Å². The summed E-state index contributed by atoms with van der Waals surface area (Å²) in [5.41, 5.74) is 3.48. The van der Waals surface area contributed by atoms with E-state index in [1.807, 2.05) is 55.4 Å². The Hall–Kier alpha value is -2.40. The second-order valence-electron chi connectivity index (χ2n) is 5.09. The maximum Gasteiger partial charge on any atom is 0.110 e. The molecule has 0 fully saturated rings. The van der Waals surface area contributed by atoms with Crippen molar-refractivity contribution in [1.82, 2.24) is 24.6 Å². The van der Waals surface area contributed by atoms with Gasteiger partial charge >= 0.3 is 0 Å². The number of hydrogen-bond acceptors (Lipinski definition) is 3. The first-order chi connectivity index (χ1) is 10.2. The van der Waals surface area contributed by atoms with E-state index in [0.717, 1.165) is 30.3 Å². The highest BCUT2D eigenvalue weighted by Gasteiger charge is 2.08. The highest BCUT2D eigenvalue weighted by atomic mass is 15.2. The normalized spacial score (nSPS) is 11.0. The number of imidazole rings is 1. The van der Waals surface area contributed by atoms with E-state index in [0.29, 0.717) is 0 Å². The molecule has 0 aliphatic carbocycles. The number of aryl methyl sites for hydroxylation is 2. The number of nitrogens with zero attached hydrogens (tertiary/aromatic N) is 4. The molecule has 0 unspecified atom stereocenters. The average Bonchev–Trinajstić information content (AvgIpc) is 3.06. The third-order valence-electron chi connectivity index (χ3n) is 3.42. The Kier molecular flexibility index (Phi) is 3.83. The Balaban J connectivity index is 1.72. The van der Waals surface area contributed by atoms with Gasteiger partial charge in [0.1, 0.15) is 5.82 Å². The van der Waals surface area contributed by atoms with E-state index >= 15 is 0 Å². The van der Waals surface area contributed by atoms with Gasteiger partial charge in [-0.2, -0.15) is 5.10 Å². The van der Waals surface area contributed by atoms with Crippen molar-refractivity contribution in [3.8, 4) is 5.69 Å². The molecular weight excluding hydrogens is 262 g/mol. The number of aromatic nitrogens is 4. The van der Waals surface area contributed by atoms with Gasteiger partial charge in [-0.25, -0.2) is 4.98 Å². The molecule has 3 aromatic rings. The molecule has 0 bridgehead atoms. The highest BCUT2D eigenvalue weighted by molar-refractivity contribution is 5.35. The van der Waals surface area contributed by atoms with Crippen LogP contribution in [0.25, 0.3) is 5.69 Å². The van der Waals surface area contributed by atoms with Crippen LogP contribution in [0.4, 0.5) is 0 Å². The molecule has 0 atom stereocenters. The highest BCUT2D eigenvalue weighted by Crippen LogP contribution is 2.14. The zero-order chi connectivity index (χ0) is 14.7. The van der Waals surface area contributed by atoms with Crippen LogP contribution in [0.1, 0.15) is 17.1 Å². The second-order valence-corrected chi connectivity index (χ2v) is 5.09. The molecule has 0 radical (unpaired) electrons. The number of hydrogen-bond donors (Lipinski definition) is 1. The third kappa shape index (κ3) is 3.03. The molecule has 5 nitrogen and oxygen atoms in total. The van der Waals surface area contributed by atoms with Gasteiger partial charge in [-0.3, -0.25) is 9.25 Å². The van der Waals surface area contributed by atoms with Crippen LogP contribution in [0, 0.1) is 6.92 Å². The van der Waals surface area contributed by atoms with Crippen molar-refractivity contribution in [2.45, 2.75) is 20.0 Å². The van der Waals surface area contributed by atoms with Crippen molar-refractivity contribution >= 4 is 0 Å². The van der Waals surface area contributed by atoms with Crippen molar-refractivity contribution in [1.29, 1.82) is 0 Å². The molecule has 2 heterocycles. The van der Waals surface area contributed by atoms with Crippen molar-refractivity contribution in [3.63, 3.8) is 0 Å². The first-order valence-corrected chi connectivity index (χ1v) is 7.01. The molecule has 0 spiro atoms. The van der Waals surface area contributed by atoms with Crippen LogP contribution in [0.5, 0.6) is 0 Å². The summed E-state index contributed by atoms with van der Waals surface area (Å²) in [6, 6.07) is 10.3. The summed E-state index contributed by atoms with van der Waals surface area (Å²) in [7, 11) is 1.93. The lowest BCUT2D eigenvalue weighted by atomic mass is 10.3. The van der Waals surface area contributed by atoms with Gasteiger partial charge in [0, 0.05) is 37.6 Å². The van der Waals surface area contributed by atoms with Crippen LogP contribution in [0.15, 0.2) is 48.9 Å². The molecule has 108 valence electrons. The van der Waals surface area contributed by atoms with E-state index in [1.165, 1.54) is 5.56 Å². The van der Waals surface area contributed by atoms with E-state index in [1.54, 1.807) is 0 Å². The van der Waals surface area contributed by atoms with Crippen molar-refractivity contribution in [2.75, 3.05) is 0 Å². The average molecular weight is 281 g/mol. The van der Waals surface area contributed by atoms with Crippen LogP contribution >= 0.6 is 0 Å². The smallest absolute Gasteiger partial charge is 0.110 e. The van der Waals surface area contributed by atoms with E-state index in [-0.39, 0.29) is 0 Å². The van der Waals surface area contributed by atoms with E-state index in [2.05, 4.69) is 32.1 Å². The van der Waals surface area contributed by atoms with E-state index < -0.39 is 0 Å². The van der Waals surface area contributed by atoms with Gasteiger partial charge in [0.05, 0.1) is 18.1 Å². The number of para-hydroxylation sites is 1. The summed E-state index contributed by atoms with van der Waals surface area (Å²) in [5, 5.41) is 7.61. The molecule has 5 heteroatoms. The van der Waals surface area contributed by atoms with Crippen molar-refractivity contribution < 1.29 is 0 Å². The van der Waals surface area contributed by atoms with Gasteiger partial charge in [0.2, 0.25) is 0 Å². The summed E-state index contributed by atoms with van der Waals surface area (Å²) in [6.45, 7) is 3.59. The fraction of sp³-hybridized carbons (Fsp3) is 0.250. The molecule has 1 N–H and O–H groups in total. The lowest BCUT2D eigenvalue weighted by Gasteiger charge is -2.10. The van der Waals surface area contributed by atoms with Gasteiger partial charge < -0.3 is 5.32 Å². The largest absolute Gasteiger partial charge is 0.307 e. The minimum Gasteiger partial charge on any atom is -0.307 e. The minimum absolute atomic E-state index is 0.768. The summed E-state index contributed by atoms with van der Waals surface area (Å²) < 4.78 is 3.99. The summed E-state index contributed by atoms with van der Waals surface area (Å²) in [5.74, 6) is 0.999. The van der Waals surface area contributed by atoms with Crippen LogP contribution in [-0.4, -0.2) is 19.3 Å². The SMILES string of the molecule is Cc1ncc(CNCc2cnn(C)c2)n1-c1ccccc1. The summed E-state index contributed by atoms with van der Waals surface area (Å²) in [6.07, 6.45) is 5.83. The predicted molar refractivity (Wildman–Crippen MR) is 82.1 cm³/mol. The molecule has 3 rings (SSSR count). The van der Waals surface area contributed by atoms with E-state index in [9.17, 15) is 0 Å². The van der Waals surface area contributed by atoms with Crippen molar-refractivity contribution in [3.05, 3.63) is 66.0 Å². The standard InChI is InChI=1S/C16H19N5/c1-13-18-11-16(21(13)15-6-4-3-5-7-15)10-17-8-14-9-19-20(2)12-14/h3-7,9,11-12,17H,8,10H2,1-2H3. The fourth-order valence-corrected chi connectivity index (χ4v) is 2.44. The second kappa shape index (κ2) is 5.93. The molecule has 2 aromatic heterocycles. The molecule has 0 saturated carbocycles. The maximum atomic E-state index is 4.43. The Morgan fingerprint density at radius 2 is 1.90 bits per heavy atom. The van der Waals surface area contributed by atoms with Gasteiger partial charge in [0.15, 0.2) is 0 Å². The molecule has 1 aromatic carbocycles.